The molecule has 1 aliphatic rings. The molecule has 0 radical (unpaired) electrons. The van der Waals surface area contributed by atoms with E-state index in [1.165, 1.54) is 0 Å². The van der Waals surface area contributed by atoms with E-state index in [0.717, 1.165) is 24.4 Å². The summed E-state index contributed by atoms with van der Waals surface area (Å²) in [4.78, 5) is 22.7. The molecule has 1 atom stereocenters. The molecule has 116 valence electrons. The van der Waals surface area contributed by atoms with Crippen molar-refractivity contribution in [2.45, 2.75) is 12.5 Å². The minimum atomic E-state index is -0.0760. The summed E-state index contributed by atoms with van der Waals surface area (Å²) in [6, 6.07) is 3.50. The molecule has 1 fully saturated rings. The number of nitrogens with one attached hydrogen (secondary N) is 1. The summed E-state index contributed by atoms with van der Waals surface area (Å²) in [5.41, 5.74) is 1.35. The Morgan fingerprint density at radius 3 is 3.00 bits per heavy atom. The van der Waals surface area contributed by atoms with Gasteiger partial charge in [-0.05, 0) is 18.6 Å². The van der Waals surface area contributed by atoms with Crippen LogP contribution in [0.25, 0.3) is 5.65 Å². The van der Waals surface area contributed by atoms with Crippen LogP contribution in [0.2, 0.25) is 0 Å². The molecule has 8 nitrogen and oxygen atoms in total. The van der Waals surface area contributed by atoms with E-state index in [0.29, 0.717) is 12.1 Å². The van der Waals surface area contributed by atoms with Crippen LogP contribution in [0.3, 0.4) is 0 Å². The minimum absolute atomic E-state index is 0.0760. The fraction of sp³-hybridized carbons (Fsp3) is 0.267. The van der Waals surface area contributed by atoms with Gasteiger partial charge in [-0.15, -0.1) is 10.2 Å². The number of nitrogens with zero attached hydrogens (tertiary/aromatic N) is 6. The fourth-order valence-electron chi connectivity index (χ4n) is 2.81. The van der Waals surface area contributed by atoms with Gasteiger partial charge in [0.1, 0.15) is 6.33 Å². The largest absolute Gasteiger partial charge is 0.351 e. The smallest absolute Gasteiger partial charge is 0.251 e. The predicted octanol–water partition coefficient (Wildman–Crippen LogP) is 0.528. The van der Waals surface area contributed by atoms with Crippen molar-refractivity contribution in [2.75, 3.05) is 18.0 Å². The second-order valence-electron chi connectivity index (χ2n) is 5.45. The standard InChI is InChI=1S/C15H15N7O/c23-15(11-1-4-16-5-2-11)19-12-3-7-21(9-12)13-14-20-18-10-22(14)8-6-17-13/h1-2,4-6,8,10,12H,3,7,9H2,(H,19,23)/t12-/m0/s1. The van der Waals surface area contributed by atoms with Crippen molar-refractivity contribution in [3.05, 3.63) is 48.8 Å². The maximum atomic E-state index is 12.2. The van der Waals surface area contributed by atoms with Gasteiger partial charge in [-0.3, -0.25) is 14.2 Å². The highest BCUT2D eigenvalue weighted by Gasteiger charge is 2.26. The van der Waals surface area contributed by atoms with Crippen molar-refractivity contribution < 1.29 is 4.79 Å². The van der Waals surface area contributed by atoms with Gasteiger partial charge in [-0.25, -0.2) is 4.98 Å². The van der Waals surface area contributed by atoms with Gasteiger partial charge in [0.2, 0.25) is 5.65 Å². The lowest BCUT2D eigenvalue weighted by molar-refractivity contribution is 0.0940. The molecular formula is C15H15N7O. The van der Waals surface area contributed by atoms with Crippen LogP contribution in [0.5, 0.6) is 0 Å². The van der Waals surface area contributed by atoms with E-state index in [9.17, 15) is 4.79 Å². The second kappa shape index (κ2) is 5.64. The number of pyridine rings is 1. The first kappa shape index (κ1) is 13.6. The fourth-order valence-corrected chi connectivity index (χ4v) is 2.81. The van der Waals surface area contributed by atoms with Crippen LogP contribution < -0.4 is 10.2 Å². The molecule has 4 rings (SSSR count). The zero-order valence-electron chi connectivity index (χ0n) is 12.3. The monoisotopic (exact) mass is 309 g/mol. The van der Waals surface area contributed by atoms with Crippen LogP contribution in [-0.4, -0.2) is 49.6 Å². The number of hydrogen-bond donors (Lipinski definition) is 1. The number of anilines is 1. The maximum Gasteiger partial charge on any atom is 0.251 e. The van der Waals surface area contributed by atoms with Gasteiger partial charge >= 0.3 is 0 Å². The van der Waals surface area contributed by atoms with Crippen molar-refractivity contribution in [3.63, 3.8) is 0 Å². The first-order chi connectivity index (χ1) is 11.3. The van der Waals surface area contributed by atoms with Gasteiger partial charge in [-0.2, -0.15) is 0 Å². The molecule has 1 N–H and O–H groups in total. The average molecular weight is 309 g/mol. The molecule has 0 saturated carbocycles. The lowest BCUT2D eigenvalue weighted by Gasteiger charge is -2.18. The van der Waals surface area contributed by atoms with E-state index in [4.69, 9.17) is 0 Å². The van der Waals surface area contributed by atoms with E-state index >= 15 is 0 Å². The predicted molar refractivity (Wildman–Crippen MR) is 83.1 cm³/mol. The quantitative estimate of drug-likeness (QED) is 0.759. The highest BCUT2D eigenvalue weighted by atomic mass is 16.1. The summed E-state index contributed by atoms with van der Waals surface area (Å²) in [5, 5.41) is 11.1. The molecule has 0 aromatic carbocycles. The van der Waals surface area contributed by atoms with Crippen LogP contribution in [0.15, 0.2) is 43.2 Å². The van der Waals surface area contributed by atoms with Crippen molar-refractivity contribution in [1.29, 1.82) is 0 Å². The molecule has 1 aliphatic heterocycles. The highest BCUT2D eigenvalue weighted by Crippen LogP contribution is 2.21. The van der Waals surface area contributed by atoms with E-state index in [2.05, 4.69) is 30.4 Å². The molecule has 0 unspecified atom stereocenters. The lowest BCUT2D eigenvalue weighted by Crippen LogP contribution is -2.37. The van der Waals surface area contributed by atoms with E-state index in [1.54, 1.807) is 37.1 Å². The molecule has 0 aliphatic carbocycles. The molecule has 0 bridgehead atoms. The maximum absolute atomic E-state index is 12.2. The molecule has 1 saturated heterocycles. The van der Waals surface area contributed by atoms with Crippen LogP contribution in [0.1, 0.15) is 16.8 Å². The Bertz CT molecular complexity index is 832. The summed E-state index contributed by atoms with van der Waals surface area (Å²) in [5.74, 6) is 0.721. The Labute approximate surface area is 132 Å². The highest BCUT2D eigenvalue weighted by molar-refractivity contribution is 5.94. The van der Waals surface area contributed by atoms with Gasteiger partial charge in [0.05, 0.1) is 0 Å². The van der Waals surface area contributed by atoms with Crippen LogP contribution in [0.4, 0.5) is 5.82 Å². The van der Waals surface area contributed by atoms with E-state index < -0.39 is 0 Å². The van der Waals surface area contributed by atoms with Crippen LogP contribution in [-0.2, 0) is 0 Å². The molecule has 0 spiro atoms. The number of amides is 1. The Kier molecular flexibility index (Phi) is 3.34. The van der Waals surface area contributed by atoms with Gasteiger partial charge in [0.15, 0.2) is 5.82 Å². The first-order valence-corrected chi connectivity index (χ1v) is 7.41. The number of rotatable bonds is 3. The van der Waals surface area contributed by atoms with Crippen molar-refractivity contribution in [3.8, 4) is 0 Å². The van der Waals surface area contributed by atoms with Gasteiger partial charge in [0.25, 0.3) is 5.91 Å². The summed E-state index contributed by atoms with van der Waals surface area (Å²) >= 11 is 0. The molecular weight excluding hydrogens is 294 g/mol. The Morgan fingerprint density at radius 2 is 2.13 bits per heavy atom. The van der Waals surface area contributed by atoms with Crippen LogP contribution in [0, 0.1) is 0 Å². The molecule has 3 aromatic heterocycles. The lowest BCUT2D eigenvalue weighted by atomic mass is 10.2. The SMILES string of the molecule is O=C(N[C@H]1CCN(c2nccn3cnnc23)C1)c1ccncc1. The zero-order chi connectivity index (χ0) is 15.6. The average Bonchev–Trinajstić information content (AvgIpc) is 3.24. The third kappa shape index (κ3) is 2.59. The number of fused-ring (bicyclic) bond motifs is 1. The molecule has 1 amide bonds. The summed E-state index contributed by atoms with van der Waals surface area (Å²) in [6.07, 6.45) is 9.30. The number of hydrogen-bond acceptors (Lipinski definition) is 6. The van der Waals surface area contributed by atoms with Gasteiger partial charge in [-0.1, -0.05) is 0 Å². The number of aromatic nitrogens is 5. The molecule has 4 heterocycles. The topological polar surface area (TPSA) is 88.3 Å². The summed E-state index contributed by atoms with van der Waals surface area (Å²) in [6.45, 7) is 1.52. The van der Waals surface area contributed by atoms with E-state index in [1.807, 2.05) is 10.6 Å². The summed E-state index contributed by atoms with van der Waals surface area (Å²) < 4.78 is 1.84. The van der Waals surface area contributed by atoms with E-state index in [-0.39, 0.29) is 11.9 Å². The van der Waals surface area contributed by atoms with Crippen molar-refractivity contribution >= 4 is 17.4 Å². The molecule has 8 heteroatoms. The molecule has 23 heavy (non-hydrogen) atoms. The Morgan fingerprint density at radius 1 is 1.26 bits per heavy atom. The number of carbonyl (C=O) groups is 1. The number of carbonyl (C=O) groups excluding carboxylic acids is 1. The second-order valence-corrected chi connectivity index (χ2v) is 5.45. The molecule has 3 aromatic rings. The van der Waals surface area contributed by atoms with Crippen molar-refractivity contribution in [2.24, 2.45) is 0 Å². The third-order valence-electron chi connectivity index (χ3n) is 3.96. The van der Waals surface area contributed by atoms with Crippen LogP contribution >= 0.6 is 0 Å². The van der Waals surface area contributed by atoms with Gasteiger partial charge < -0.3 is 10.2 Å². The first-order valence-electron chi connectivity index (χ1n) is 7.41. The third-order valence-corrected chi connectivity index (χ3v) is 3.96. The minimum Gasteiger partial charge on any atom is -0.351 e. The zero-order valence-corrected chi connectivity index (χ0v) is 12.3. The Balaban J connectivity index is 1.47. The van der Waals surface area contributed by atoms with Crippen molar-refractivity contribution in [1.82, 2.24) is 29.9 Å². The normalized spacial score (nSPS) is 17.6. The summed E-state index contributed by atoms with van der Waals surface area (Å²) in [7, 11) is 0. The van der Waals surface area contributed by atoms with Gasteiger partial charge in [0, 0.05) is 49.5 Å². The Hall–Kier alpha value is -3.03.